The molecule has 4 unspecified atom stereocenters. The predicted molar refractivity (Wildman–Crippen MR) is 103 cm³/mol. The summed E-state index contributed by atoms with van der Waals surface area (Å²) in [6.07, 6.45) is 12.6. The summed E-state index contributed by atoms with van der Waals surface area (Å²) < 4.78 is 0. The fourth-order valence-electron chi connectivity index (χ4n) is 2.94. The summed E-state index contributed by atoms with van der Waals surface area (Å²) >= 11 is 3.62. The lowest BCUT2D eigenvalue weighted by Gasteiger charge is -2.38. The third-order valence-corrected chi connectivity index (χ3v) is 6.19. The number of hydrogen-bond acceptors (Lipinski definition) is 2. The Kier molecular flexibility index (Phi) is 7.76. The van der Waals surface area contributed by atoms with E-state index in [0.29, 0.717) is 5.92 Å². The first-order valence-corrected chi connectivity index (χ1v) is 9.53. The van der Waals surface area contributed by atoms with Gasteiger partial charge < -0.3 is 10.2 Å². The molecule has 0 bridgehead atoms. The van der Waals surface area contributed by atoms with Crippen LogP contribution in [0.4, 0.5) is 0 Å². The number of alkyl halides is 1. The minimum Gasteiger partial charge on any atom is -0.389 e. The van der Waals surface area contributed by atoms with Crippen LogP contribution in [0.1, 0.15) is 66.7 Å². The summed E-state index contributed by atoms with van der Waals surface area (Å²) in [5.41, 5.74) is 1.25. The molecule has 0 radical (unpaired) electrons. The van der Waals surface area contributed by atoms with Crippen molar-refractivity contribution < 1.29 is 10.2 Å². The van der Waals surface area contributed by atoms with Gasteiger partial charge >= 0.3 is 0 Å². The molecule has 0 aromatic carbocycles. The van der Waals surface area contributed by atoms with Crippen LogP contribution in [-0.2, 0) is 0 Å². The molecule has 0 heterocycles. The van der Waals surface area contributed by atoms with E-state index in [-0.39, 0.29) is 4.83 Å². The van der Waals surface area contributed by atoms with E-state index in [1.54, 1.807) is 0 Å². The highest BCUT2D eigenvalue weighted by atomic mass is 79.9. The van der Waals surface area contributed by atoms with E-state index in [0.717, 1.165) is 32.1 Å². The van der Waals surface area contributed by atoms with Crippen molar-refractivity contribution in [2.75, 3.05) is 0 Å². The molecule has 0 saturated heterocycles. The molecule has 0 spiro atoms. The topological polar surface area (TPSA) is 40.5 Å². The summed E-state index contributed by atoms with van der Waals surface area (Å²) in [6.45, 7) is 10.1. The smallest absolute Gasteiger partial charge is 0.0805 e. The van der Waals surface area contributed by atoms with Gasteiger partial charge in [-0.25, -0.2) is 0 Å². The van der Waals surface area contributed by atoms with E-state index in [2.05, 4.69) is 48.9 Å². The van der Waals surface area contributed by atoms with Gasteiger partial charge in [0.05, 0.1) is 11.2 Å². The number of rotatable bonds is 6. The molecule has 132 valence electrons. The molecule has 1 saturated carbocycles. The maximum atomic E-state index is 10.4. The van der Waals surface area contributed by atoms with Gasteiger partial charge in [-0.05, 0) is 72.6 Å². The Hall–Kier alpha value is -0.380. The Morgan fingerprint density at radius 2 is 2.00 bits per heavy atom. The fraction of sp³-hybridized carbons (Fsp3) is 0.700. The Morgan fingerprint density at radius 3 is 2.57 bits per heavy atom. The van der Waals surface area contributed by atoms with Gasteiger partial charge in [-0.15, -0.1) is 0 Å². The Balaban J connectivity index is 2.57. The van der Waals surface area contributed by atoms with Gasteiger partial charge in [0.15, 0.2) is 0 Å². The molecular formula is C20H33BrO2. The van der Waals surface area contributed by atoms with Gasteiger partial charge in [0, 0.05) is 4.83 Å². The monoisotopic (exact) mass is 384 g/mol. The van der Waals surface area contributed by atoms with Crippen LogP contribution in [0, 0.1) is 5.92 Å². The van der Waals surface area contributed by atoms with E-state index >= 15 is 0 Å². The molecule has 1 fully saturated rings. The normalized spacial score (nSPS) is 31.9. The average Bonchev–Trinajstić information content (AvgIpc) is 2.40. The van der Waals surface area contributed by atoms with Gasteiger partial charge in [0.1, 0.15) is 0 Å². The number of allylic oxidation sites excluding steroid dienone is 5. The molecule has 0 aliphatic heterocycles. The molecule has 1 aliphatic carbocycles. The van der Waals surface area contributed by atoms with Crippen molar-refractivity contribution in [2.45, 2.75) is 82.8 Å². The molecule has 0 amide bonds. The molecule has 3 heteroatoms. The van der Waals surface area contributed by atoms with Gasteiger partial charge in [0.2, 0.25) is 0 Å². The lowest BCUT2D eigenvalue weighted by Crippen LogP contribution is -2.41. The summed E-state index contributed by atoms with van der Waals surface area (Å²) in [4.78, 5) is 0.147. The minimum absolute atomic E-state index is 0.147. The van der Waals surface area contributed by atoms with Crippen molar-refractivity contribution in [2.24, 2.45) is 5.92 Å². The maximum Gasteiger partial charge on any atom is 0.0805 e. The van der Waals surface area contributed by atoms with Crippen molar-refractivity contribution in [3.63, 3.8) is 0 Å². The molecule has 1 aliphatic rings. The second kappa shape index (κ2) is 8.64. The van der Waals surface area contributed by atoms with Gasteiger partial charge in [0.25, 0.3) is 0 Å². The van der Waals surface area contributed by atoms with Crippen molar-refractivity contribution in [1.82, 2.24) is 0 Å². The van der Waals surface area contributed by atoms with Crippen molar-refractivity contribution in [3.8, 4) is 0 Å². The summed E-state index contributed by atoms with van der Waals surface area (Å²) in [6, 6.07) is 0. The van der Waals surface area contributed by atoms with E-state index in [4.69, 9.17) is 0 Å². The second-order valence-electron chi connectivity index (χ2n) is 7.74. The van der Waals surface area contributed by atoms with Gasteiger partial charge in [-0.3, -0.25) is 0 Å². The van der Waals surface area contributed by atoms with Crippen LogP contribution in [0.5, 0.6) is 0 Å². The molecule has 0 aromatic heterocycles. The van der Waals surface area contributed by atoms with E-state index in [1.165, 1.54) is 11.1 Å². The zero-order chi connectivity index (χ0) is 17.7. The highest BCUT2D eigenvalue weighted by Gasteiger charge is 2.36. The van der Waals surface area contributed by atoms with E-state index in [9.17, 15) is 10.2 Å². The Labute approximate surface area is 150 Å². The van der Waals surface area contributed by atoms with E-state index in [1.807, 2.05) is 26.0 Å². The molecule has 4 atom stereocenters. The molecule has 2 N–H and O–H groups in total. The Morgan fingerprint density at radius 1 is 1.35 bits per heavy atom. The first-order valence-electron chi connectivity index (χ1n) is 8.62. The van der Waals surface area contributed by atoms with Crippen LogP contribution >= 0.6 is 15.9 Å². The summed E-state index contributed by atoms with van der Waals surface area (Å²) in [7, 11) is 0. The quantitative estimate of drug-likeness (QED) is 0.370. The minimum atomic E-state index is -0.767. The molecule has 2 nitrogen and oxygen atoms in total. The zero-order valence-electron chi connectivity index (χ0n) is 15.3. The molecule has 1 rings (SSSR count). The molecule has 23 heavy (non-hydrogen) atoms. The zero-order valence-corrected chi connectivity index (χ0v) is 16.9. The van der Waals surface area contributed by atoms with Crippen molar-refractivity contribution in [1.29, 1.82) is 0 Å². The van der Waals surface area contributed by atoms with Crippen LogP contribution < -0.4 is 0 Å². The number of aliphatic hydroxyl groups is 2. The first-order chi connectivity index (χ1) is 10.5. The average molecular weight is 385 g/mol. The van der Waals surface area contributed by atoms with Gasteiger partial charge in [-0.2, -0.15) is 0 Å². The van der Waals surface area contributed by atoms with Crippen LogP contribution in [-0.4, -0.2) is 26.2 Å². The largest absolute Gasteiger partial charge is 0.389 e. The number of hydrogen-bond donors (Lipinski definition) is 2. The standard InChI is InChI=1S/C20H33BrO2/c1-15(2)8-6-11-19(4,22)12-7-9-16(3)17-10-13-20(5,23)18(21)14-17/h7-9,12,17-18,22-23H,6,10-11,13-14H2,1-5H3/b12-7+,16-9+. The van der Waals surface area contributed by atoms with E-state index < -0.39 is 11.2 Å². The fourth-order valence-corrected chi connectivity index (χ4v) is 3.62. The highest BCUT2D eigenvalue weighted by molar-refractivity contribution is 9.09. The van der Waals surface area contributed by atoms with Crippen LogP contribution in [0.2, 0.25) is 0 Å². The van der Waals surface area contributed by atoms with Crippen molar-refractivity contribution in [3.05, 3.63) is 35.5 Å². The Bertz CT molecular complexity index is 468. The second-order valence-corrected chi connectivity index (χ2v) is 8.85. The highest BCUT2D eigenvalue weighted by Crippen LogP contribution is 2.39. The number of halogens is 1. The predicted octanol–water partition coefficient (Wildman–Crippen LogP) is 5.30. The van der Waals surface area contributed by atoms with Crippen LogP contribution in [0.3, 0.4) is 0 Å². The SMILES string of the molecule is CC(C)=CCCC(C)(O)/C=C/C=C(\C)C1CCC(C)(O)C(Br)C1. The summed E-state index contributed by atoms with van der Waals surface area (Å²) in [5.74, 6) is 0.500. The third-order valence-electron chi connectivity index (χ3n) is 4.83. The third kappa shape index (κ3) is 7.36. The lowest BCUT2D eigenvalue weighted by molar-refractivity contribution is 0.0214. The maximum absolute atomic E-state index is 10.4. The molecule has 0 aromatic rings. The summed E-state index contributed by atoms with van der Waals surface area (Å²) in [5, 5.41) is 20.6. The van der Waals surface area contributed by atoms with Gasteiger partial charge in [-0.1, -0.05) is 51.4 Å². The van der Waals surface area contributed by atoms with Crippen LogP contribution in [0.25, 0.3) is 0 Å². The molecular weight excluding hydrogens is 352 g/mol. The van der Waals surface area contributed by atoms with Crippen LogP contribution in [0.15, 0.2) is 35.5 Å². The lowest BCUT2D eigenvalue weighted by atomic mass is 9.77. The van der Waals surface area contributed by atoms with Crippen molar-refractivity contribution >= 4 is 15.9 Å². The first kappa shape index (κ1) is 20.7.